The van der Waals surface area contributed by atoms with Crippen LogP contribution in [0.1, 0.15) is 12.5 Å². The average Bonchev–Trinajstić information content (AvgIpc) is 3.18. The molecule has 1 aromatic heterocycles. The Hall–Kier alpha value is -2.51. The minimum atomic E-state index is 0.0322. The van der Waals surface area contributed by atoms with Crippen LogP contribution in [0.2, 0.25) is 5.02 Å². The first kappa shape index (κ1) is 17.9. The van der Waals surface area contributed by atoms with Crippen LogP contribution < -0.4 is 10.7 Å². The molecule has 4 rings (SSSR count). The second kappa shape index (κ2) is 7.25. The fourth-order valence-corrected chi connectivity index (χ4v) is 4.25. The number of benzene rings is 2. The number of hydrogen-bond donors (Lipinski definition) is 1. The lowest BCUT2D eigenvalue weighted by Gasteiger charge is -2.22. The van der Waals surface area contributed by atoms with E-state index in [0.29, 0.717) is 16.0 Å². The smallest absolute Gasteiger partial charge is 0.237 e. The number of halogens is 1. The maximum absolute atomic E-state index is 12.8. The van der Waals surface area contributed by atoms with Gasteiger partial charge in [0.05, 0.1) is 5.75 Å². The largest absolute Gasteiger partial charge is 0.335 e. The van der Waals surface area contributed by atoms with Gasteiger partial charge in [0.15, 0.2) is 5.82 Å². The number of thioether (sulfide) groups is 1. The van der Waals surface area contributed by atoms with Crippen molar-refractivity contribution in [1.82, 2.24) is 14.9 Å². The van der Waals surface area contributed by atoms with Crippen molar-refractivity contribution in [2.45, 2.75) is 24.5 Å². The lowest BCUT2D eigenvalue weighted by Crippen LogP contribution is -2.37. The quantitative estimate of drug-likeness (QED) is 0.537. The van der Waals surface area contributed by atoms with Crippen LogP contribution in [0.15, 0.2) is 53.7 Å². The zero-order valence-corrected chi connectivity index (χ0v) is 16.2. The molecular formula is C19H18ClN5OS. The van der Waals surface area contributed by atoms with Gasteiger partial charge in [0.1, 0.15) is 0 Å². The van der Waals surface area contributed by atoms with E-state index in [2.05, 4.69) is 23.2 Å². The van der Waals surface area contributed by atoms with Gasteiger partial charge < -0.3 is 10.7 Å². The van der Waals surface area contributed by atoms with Gasteiger partial charge in [-0.25, -0.2) is 4.68 Å². The molecule has 3 aromatic rings. The summed E-state index contributed by atoms with van der Waals surface area (Å²) in [6, 6.07) is 15.4. The van der Waals surface area contributed by atoms with Gasteiger partial charge in [0.2, 0.25) is 11.1 Å². The first-order valence-electron chi connectivity index (χ1n) is 8.54. The number of hydrogen-bond acceptors (Lipinski definition) is 5. The number of amides is 1. The number of para-hydroxylation sites is 1. The van der Waals surface area contributed by atoms with Gasteiger partial charge in [-0.15, -0.1) is 10.2 Å². The number of aromatic nitrogens is 3. The third kappa shape index (κ3) is 3.40. The number of carbonyl (C=O) groups excluding carboxylic acids is 1. The Morgan fingerprint density at radius 3 is 2.89 bits per heavy atom. The summed E-state index contributed by atoms with van der Waals surface area (Å²) in [6.45, 7) is 2.06. The second-order valence-corrected chi connectivity index (χ2v) is 7.80. The monoisotopic (exact) mass is 399 g/mol. The molecule has 138 valence electrons. The molecule has 0 aliphatic carbocycles. The summed E-state index contributed by atoms with van der Waals surface area (Å²) < 4.78 is 1.39. The van der Waals surface area contributed by atoms with E-state index in [1.807, 2.05) is 35.2 Å². The molecule has 8 heteroatoms. The third-order valence-corrected chi connectivity index (χ3v) is 5.71. The summed E-state index contributed by atoms with van der Waals surface area (Å²) in [5.74, 6) is 6.91. The minimum Gasteiger partial charge on any atom is -0.335 e. The second-order valence-electron chi connectivity index (χ2n) is 6.42. The number of rotatable bonds is 4. The van der Waals surface area contributed by atoms with Crippen LogP contribution >= 0.6 is 23.4 Å². The van der Waals surface area contributed by atoms with Crippen LogP contribution in [-0.2, 0) is 11.2 Å². The zero-order chi connectivity index (χ0) is 19.0. The fraction of sp³-hybridized carbons (Fsp3) is 0.211. The lowest BCUT2D eigenvalue weighted by molar-refractivity contribution is -0.116. The lowest BCUT2D eigenvalue weighted by atomic mass is 10.1. The van der Waals surface area contributed by atoms with E-state index in [1.54, 1.807) is 12.1 Å². The molecule has 6 nitrogen and oxygen atoms in total. The Labute approximate surface area is 166 Å². The van der Waals surface area contributed by atoms with E-state index in [1.165, 1.54) is 22.0 Å². The Morgan fingerprint density at radius 1 is 1.26 bits per heavy atom. The number of fused-ring (bicyclic) bond motifs is 1. The highest BCUT2D eigenvalue weighted by atomic mass is 35.5. The van der Waals surface area contributed by atoms with Crippen LogP contribution in [0.4, 0.5) is 5.69 Å². The predicted octanol–water partition coefficient (Wildman–Crippen LogP) is 3.38. The molecule has 1 aliphatic rings. The van der Waals surface area contributed by atoms with Crippen molar-refractivity contribution in [3.8, 4) is 11.4 Å². The molecule has 2 aromatic carbocycles. The van der Waals surface area contributed by atoms with Gasteiger partial charge in [0, 0.05) is 22.3 Å². The van der Waals surface area contributed by atoms with Crippen molar-refractivity contribution >= 4 is 35.0 Å². The van der Waals surface area contributed by atoms with Crippen molar-refractivity contribution in [3.05, 3.63) is 59.1 Å². The highest BCUT2D eigenvalue weighted by Crippen LogP contribution is 2.33. The molecule has 0 radical (unpaired) electrons. The van der Waals surface area contributed by atoms with E-state index in [0.717, 1.165) is 17.7 Å². The van der Waals surface area contributed by atoms with Gasteiger partial charge in [0.25, 0.3) is 0 Å². The normalized spacial score (nSPS) is 15.8. The average molecular weight is 400 g/mol. The molecule has 0 spiro atoms. The number of carbonyl (C=O) groups is 1. The van der Waals surface area contributed by atoms with Gasteiger partial charge in [-0.1, -0.05) is 53.7 Å². The molecule has 0 bridgehead atoms. The van der Waals surface area contributed by atoms with E-state index in [4.69, 9.17) is 17.4 Å². The molecule has 0 saturated heterocycles. The molecular weight excluding hydrogens is 382 g/mol. The summed E-state index contributed by atoms with van der Waals surface area (Å²) in [6.07, 6.45) is 0.874. The highest BCUT2D eigenvalue weighted by molar-refractivity contribution is 7.99. The standard InChI is InChI=1S/C19H18ClN5OS/c1-12-9-13-5-2-3-8-16(13)24(12)17(26)11-27-19-23-22-18(25(19)21)14-6-4-7-15(20)10-14/h2-8,10,12H,9,11,21H2,1H3. The number of nitrogen functional groups attached to an aromatic ring is 1. The van der Waals surface area contributed by atoms with Gasteiger partial charge in [-0.2, -0.15) is 0 Å². The topological polar surface area (TPSA) is 77.0 Å². The molecule has 0 saturated carbocycles. The van der Waals surface area contributed by atoms with E-state index < -0.39 is 0 Å². The highest BCUT2D eigenvalue weighted by Gasteiger charge is 2.30. The van der Waals surface area contributed by atoms with Crippen LogP contribution in [0, 0.1) is 0 Å². The summed E-state index contributed by atoms with van der Waals surface area (Å²) in [4.78, 5) is 14.7. The summed E-state index contributed by atoms with van der Waals surface area (Å²) >= 11 is 7.31. The van der Waals surface area contributed by atoms with E-state index >= 15 is 0 Å². The van der Waals surface area contributed by atoms with Gasteiger partial charge in [-0.3, -0.25) is 4.79 Å². The SMILES string of the molecule is CC1Cc2ccccc2N1C(=O)CSc1nnc(-c2cccc(Cl)c2)n1N. The summed E-state index contributed by atoms with van der Waals surface area (Å²) in [5.41, 5.74) is 2.97. The van der Waals surface area contributed by atoms with E-state index in [9.17, 15) is 4.79 Å². The van der Waals surface area contributed by atoms with Crippen LogP contribution in [-0.4, -0.2) is 32.6 Å². The van der Waals surface area contributed by atoms with Crippen LogP contribution in [0.5, 0.6) is 0 Å². The minimum absolute atomic E-state index is 0.0322. The van der Waals surface area contributed by atoms with Gasteiger partial charge in [-0.05, 0) is 37.1 Å². The first-order valence-corrected chi connectivity index (χ1v) is 9.90. The molecule has 0 fully saturated rings. The number of nitrogens with zero attached hydrogens (tertiary/aromatic N) is 4. The fourth-order valence-electron chi connectivity index (χ4n) is 3.34. The van der Waals surface area contributed by atoms with Crippen molar-refractivity contribution in [2.24, 2.45) is 0 Å². The molecule has 1 unspecified atom stereocenters. The Kier molecular flexibility index (Phi) is 4.80. The molecule has 27 heavy (non-hydrogen) atoms. The van der Waals surface area contributed by atoms with Crippen LogP contribution in [0.3, 0.4) is 0 Å². The van der Waals surface area contributed by atoms with Crippen LogP contribution in [0.25, 0.3) is 11.4 Å². The number of anilines is 1. The van der Waals surface area contributed by atoms with Crippen molar-refractivity contribution in [2.75, 3.05) is 16.5 Å². The van der Waals surface area contributed by atoms with Crippen molar-refractivity contribution in [3.63, 3.8) is 0 Å². The molecule has 1 aliphatic heterocycles. The maximum Gasteiger partial charge on any atom is 0.237 e. The predicted molar refractivity (Wildman–Crippen MR) is 108 cm³/mol. The Bertz CT molecular complexity index is 1010. The zero-order valence-electron chi connectivity index (χ0n) is 14.7. The summed E-state index contributed by atoms with van der Waals surface area (Å²) in [5, 5.41) is 9.34. The Balaban J connectivity index is 1.49. The van der Waals surface area contributed by atoms with Crippen molar-refractivity contribution < 1.29 is 4.79 Å². The van der Waals surface area contributed by atoms with E-state index in [-0.39, 0.29) is 17.7 Å². The number of nitrogens with two attached hydrogens (primary N) is 1. The maximum atomic E-state index is 12.8. The molecule has 1 atom stereocenters. The Morgan fingerprint density at radius 2 is 2.07 bits per heavy atom. The third-order valence-electron chi connectivity index (χ3n) is 4.55. The summed E-state index contributed by atoms with van der Waals surface area (Å²) in [7, 11) is 0. The molecule has 1 amide bonds. The molecule has 2 N–H and O–H groups in total. The first-order chi connectivity index (χ1) is 13.0. The van der Waals surface area contributed by atoms with Crippen molar-refractivity contribution in [1.29, 1.82) is 0 Å². The molecule has 2 heterocycles. The van der Waals surface area contributed by atoms with Gasteiger partial charge >= 0.3 is 0 Å².